The van der Waals surface area contributed by atoms with Crippen molar-refractivity contribution >= 4 is 28.6 Å². The van der Waals surface area contributed by atoms with Gasteiger partial charge in [0.15, 0.2) is 5.65 Å². The molecule has 2 aromatic heterocycles. The lowest BCUT2D eigenvalue weighted by Gasteiger charge is -2.20. The highest BCUT2D eigenvalue weighted by Crippen LogP contribution is 2.29. The number of nitrogens with one attached hydrogen (secondary N) is 1. The third kappa shape index (κ3) is 4.74. The van der Waals surface area contributed by atoms with Gasteiger partial charge in [-0.3, -0.25) is 24.4 Å². The molecule has 10 heteroatoms. The van der Waals surface area contributed by atoms with Gasteiger partial charge in [-0.1, -0.05) is 18.2 Å². The summed E-state index contributed by atoms with van der Waals surface area (Å²) < 4.78 is 6.81. The van der Waals surface area contributed by atoms with Crippen LogP contribution in [0.25, 0.3) is 11.0 Å². The van der Waals surface area contributed by atoms with E-state index < -0.39 is 22.8 Å². The number of rotatable bonds is 7. The van der Waals surface area contributed by atoms with Crippen LogP contribution in [0.15, 0.2) is 30.3 Å². The number of aromatic nitrogens is 3. The van der Waals surface area contributed by atoms with Crippen LogP contribution >= 0.6 is 0 Å². The van der Waals surface area contributed by atoms with Crippen molar-refractivity contribution in [1.29, 1.82) is 0 Å². The van der Waals surface area contributed by atoms with Crippen molar-refractivity contribution in [3.05, 3.63) is 63.0 Å². The minimum absolute atomic E-state index is 0.191. The third-order valence-corrected chi connectivity index (χ3v) is 4.89. The van der Waals surface area contributed by atoms with E-state index in [0.717, 1.165) is 0 Å². The van der Waals surface area contributed by atoms with Crippen LogP contribution in [0.4, 0.5) is 5.69 Å². The standard InChI is InChI=1S/C22H25N5O5/c1-12(2)32-19(28)11-17(15-8-6-7-9-18(15)27(30)31)24-22(29)16-10-13(3)23-21-20(16)14(4)25-26(21)5/h6-10,12,17H,11H2,1-5H3,(H,24,29). The van der Waals surface area contributed by atoms with Gasteiger partial charge >= 0.3 is 5.97 Å². The second-order valence-electron chi connectivity index (χ2n) is 7.80. The first-order valence-corrected chi connectivity index (χ1v) is 10.1. The average Bonchev–Trinajstić information content (AvgIpc) is 2.99. The Labute approximate surface area is 184 Å². The number of esters is 1. The summed E-state index contributed by atoms with van der Waals surface area (Å²) in [6, 6.07) is 6.68. The Kier molecular flexibility index (Phi) is 6.52. The summed E-state index contributed by atoms with van der Waals surface area (Å²) in [5.41, 5.74) is 2.15. The number of aryl methyl sites for hydroxylation is 3. The molecule has 0 aliphatic carbocycles. The van der Waals surface area contributed by atoms with E-state index in [9.17, 15) is 19.7 Å². The first-order chi connectivity index (χ1) is 15.1. The van der Waals surface area contributed by atoms with E-state index in [2.05, 4.69) is 15.4 Å². The molecule has 168 valence electrons. The zero-order chi connectivity index (χ0) is 23.6. The summed E-state index contributed by atoms with van der Waals surface area (Å²) in [6.45, 7) is 6.95. The lowest BCUT2D eigenvalue weighted by atomic mass is 10.0. The molecule has 1 aromatic carbocycles. The summed E-state index contributed by atoms with van der Waals surface area (Å²) in [6.07, 6.45) is -0.612. The van der Waals surface area contributed by atoms with E-state index in [-0.39, 0.29) is 23.8 Å². The molecule has 0 saturated heterocycles. The molecule has 0 spiro atoms. The van der Waals surface area contributed by atoms with E-state index in [0.29, 0.717) is 28.0 Å². The maximum absolute atomic E-state index is 13.3. The van der Waals surface area contributed by atoms with Crippen LogP contribution in [-0.4, -0.2) is 37.7 Å². The molecule has 2 heterocycles. The normalized spacial score (nSPS) is 12.1. The molecular formula is C22H25N5O5. The largest absolute Gasteiger partial charge is 0.463 e. The molecule has 10 nitrogen and oxygen atoms in total. The van der Waals surface area contributed by atoms with Gasteiger partial charge in [0.05, 0.1) is 45.7 Å². The van der Waals surface area contributed by atoms with Crippen LogP contribution in [0.3, 0.4) is 0 Å². The van der Waals surface area contributed by atoms with E-state index in [1.54, 1.807) is 51.6 Å². The number of hydrogen-bond donors (Lipinski definition) is 1. The summed E-state index contributed by atoms with van der Waals surface area (Å²) in [5.74, 6) is -1.06. The Morgan fingerprint density at radius 2 is 1.94 bits per heavy atom. The van der Waals surface area contributed by atoms with Crippen LogP contribution in [0.2, 0.25) is 0 Å². The molecule has 0 bridgehead atoms. The highest BCUT2D eigenvalue weighted by molar-refractivity contribution is 6.06. The molecular weight excluding hydrogens is 414 g/mol. The molecule has 0 saturated carbocycles. The van der Waals surface area contributed by atoms with Gasteiger partial charge in [0.2, 0.25) is 0 Å². The fraction of sp³-hybridized carbons (Fsp3) is 0.364. The molecule has 1 N–H and O–H groups in total. The van der Waals surface area contributed by atoms with Gasteiger partial charge in [0.25, 0.3) is 11.6 Å². The van der Waals surface area contributed by atoms with Gasteiger partial charge in [0.1, 0.15) is 0 Å². The first kappa shape index (κ1) is 22.9. The number of amides is 1. The molecule has 3 rings (SSSR count). The van der Waals surface area contributed by atoms with Crippen LogP contribution in [0.1, 0.15) is 53.6 Å². The van der Waals surface area contributed by atoms with E-state index >= 15 is 0 Å². The molecule has 1 atom stereocenters. The number of nitrogens with zero attached hydrogens (tertiary/aromatic N) is 4. The Morgan fingerprint density at radius 1 is 1.25 bits per heavy atom. The van der Waals surface area contributed by atoms with Gasteiger partial charge in [-0.15, -0.1) is 0 Å². The zero-order valence-corrected chi connectivity index (χ0v) is 18.6. The second kappa shape index (κ2) is 9.13. The Hall–Kier alpha value is -3.82. The topological polar surface area (TPSA) is 129 Å². The lowest BCUT2D eigenvalue weighted by Crippen LogP contribution is -2.32. The third-order valence-electron chi connectivity index (χ3n) is 4.89. The van der Waals surface area contributed by atoms with Crippen molar-refractivity contribution in [2.24, 2.45) is 7.05 Å². The maximum atomic E-state index is 13.3. The van der Waals surface area contributed by atoms with Crippen LogP contribution in [-0.2, 0) is 16.6 Å². The Morgan fingerprint density at radius 3 is 2.59 bits per heavy atom. The average molecular weight is 439 g/mol. The van der Waals surface area contributed by atoms with Crippen molar-refractivity contribution in [3.8, 4) is 0 Å². The van der Waals surface area contributed by atoms with Crippen molar-refractivity contribution in [2.45, 2.75) is 46.3 Å². The lowest BCUT2D eigenvalue weighted by molar-refractivity contribution is -0.385. The zero-order valence-electron chi connectivity index (χ0n) is 18.6. The smallest absolute Gasteiger partial charge is 0.308 e. The number of carbonyl (C=O) groups is 2. The molecule has 0 radical (unpaired) electrons. The number of benzene rings is 1. The fourth-order valence-electron chi connectivity index (χ4n) is 3.65. The van der Waals surface area contributed by atoms with Crippen LogP contribution in [0.5, 0.6) is 0 Å². The number of fused-ring (bicyclic) bond motifs is 1. The van der Waals surface area contributed by atoms with Crippen LogP contribution < -0.4 is 5.32 Å². The van der Waals surface area contributed by atoms with Gasteiger partial charge in [-0.05, 0) is 33.8 Å². The van der Waals surface area contributed by atoms with Crippen molar-refractivity contribution < 1.29 is 19.2 Å². The van der Waals surface area contributed by atoms with Gasteiger partial charge in [-0.2, -0.15) is 5.10 Å². The second-order valence-corrected chi connectivity index (χ2v) is 7.80. The summed E-state index contributed by atoms with van der Waals surface area (Å²) in [4.78, 5) is 41.2. The summed E-state index contributed by atoms with van der Waals surface area (Å²) >= 11 is 0. The Bertz CT molecular complexity index is 1200. The van der Waals surface area contributed by atoms with E-state index in [4.69, 9.17) is 4.74 Å². The summed E-state index contributed by atoms with van der Waals surface area (Å²) in [7, 11) is 1.74. The van der Waals surface area contributed by atoms with E-state index in [1.165, 1.54) is 18.2 Å². The van der Waals surface area contributed by atoms with Crippen LogP contribution in [0, 0.1) is 24.0 Å². The highest BCUT2D eigenvalue weighted by atomic mass is 16.6. The predicted molar refractivity (Wildman–Crippen MR) is 117 cm³/mol. The monoisotopic (exact) mass is 439 g/mol. The molecule has 3 aromatic rings. The molecule has 0 aliphatic heterocycles. The molecule has 0 aliphatic rings. The predicted octanol–water partition coefficient (Wildman–Crippen LogP) is 3.31. The minimum Gasteiger partial charge on any atom is -0.463 e. The van der Waals surface area contributed by atoms with Crippen molar-refractivity contribution in [1.82, 2.24) is 20.1 Å². The van der Waals surface area contributed by atoms with E-state index in [1.807, 2.05) is 0 Å². The number of carbonyl (C=O) groups excluding carboxylic acids is 2. The number of ether oxygens (including phenoxy) is 1. The van der Waals surface area contributed by atoms with Crippen molar-refractivity contribution in [2.75, 3.05) is 0 Å². The Balaban J connectivity index is 2.04. The number of nitro groups is 1. The SMILES string of the molecule is Cc1cc(C(=O)NC(CC(=O)OC(C)C)c2ccccc2[N+](=O)[O-])c2c(C)nn(C)c2n1. The van der Waals surface area contributed by atoms with Gasteiger partial charge in [0, 0.05) is 18.8 Å². The number of nitro benzene ring substituents is 1. The van der Waals surface area contributed by atoms with Gasteiger partial charge < -0.3 is 10.1 Å². The number of hydrogen-bond acceptors (Lipinski definition) is 7. The quantitative estimate of drug-likeness (QED) is 0.340. The first-order valence-electron chi connectivity index (χ1n) is 10.1. The minimum atomic E-state index is -0.962. The number of para-hydroxylation sites is 1. The molecule has 32 heavy (non-hydrogen) atoms. The van der Waals surface area contributed by atoms with Gasteiger partial charge in [-0.25, -0.2) is 4.98 Å². The number of pyridine rings is 1. The highest BCUT2D eigenvalue weighted by Gasteiger charge is 2.28. The molecule has 1 unspecified atom stereocenters. The molecule has 1 amide bonds. The summed E-state index contributed by atoms with van der Waals surface area (Å²) in [5, 5.41) is 19.3. The maximum Gasteiger partial charge on any atom is 0.308 e. The molecule has 0 fully saturated rings. The fourth-order valence-corrected chi connectivity index (χ4v) is 3.65. The van der Waals surface area contributed by atoms with Crippen molar-refractivity contribution in [3.63, 3.8) is 0 Å².